The summed E-state index contributed by atoms with van der Waals surface area (Å²) in [5.41, 5.74) is 5.31. The smallest absolute Gasteiger partial charge is 0.243 e. The standard InChI is InChI=1S/C6H11ClN2O2/c1-2-4(8)6(11)9-5(10)3-7/h4H,2-3,8H2,1H3,(H,9,10,11). The van der Waals surface area contributed by atoms with E-state index in [-0.39, 0.29) is 5.88 Å². The molecular formula is C6H11ClN2O2. The van der Waals surface area contributed by atoms with Crippen molar-refractivity contribution < 1.29 is 9.59 Å². The van der Waals surface area contributed by atoms with Crippen LogP contribution in [0.15, 0.2) is 0 Å². The second-order valence-electron chi connectivity index (χ2n) is 2.06. The maximum Gasteiger partial charge on any atom is 0.243 e. The van der Waals surface area contributed by atoms with Gasteiger partial charge < -0.3 is 5.73 Å². The molecule has 0 rings (SSSR count). The Bertz CT molecular complexity index is 161. The molecule has 0 aliphatic carbocycles. The van der Waals surface area contributed by atoms with Crippen LogP contribution in [0.4, 0.5) is 0 Å². The van der Waals surface area contributed by atoms with Gasteiger partial charge in [0.2, 0.25) is 11.8 Å². The summed E-state index contributed by atoms with van der Waals surface area (Å²) in [5.74, 6) is -1.21. The van der Waals surface area contributed by atoms with Crippen molar-refractivity contribution in [1.29, 1.82) is 0 Å². The summed E-state index contributed by atoms with van der Waals surface area (Å²) in [6, 6.07) is -0.623. The molecule has 5 heteroatoms. The van der Waals surface area contributed by atoms with Gasteiger partial charge in [0.15, 0.2) is 0 Å². The van der Waals surface area contributed by atoms with Crippen LogP contribution in [0, 0.1) is 0 Å². The summed E-state index contributed by atoms with van der Waals surface area (Å²) in [6.45, 7) is 1.76. The van der Waals surface area contributed by atoms with Crippen LogP contribution in [-0.4, -0.2) is 23.7 Å². The molecule has 0 heterocycles. The number of nitrogens with one attached hydrogen (secondary N) is 1. The van der Waals surface area contributed by atoms with Gasteiger partial charge in [0.05, 0.1) is 6.04 Å². The highest BCUT2D eigenvalue weighted by molar-refractivity contribution is 6.28. The number of imide groups is 1. The van der Waals surface area contributed by atoms with Crippen molar-refractivity contribution in [2.75, 3.05) is 5.88 Å². The molecule has 0 aliphatic heterocycles. The van der Waals surface area contributed by atoms with Gasteiger partial charge in [-0.1, -0.05) is 6.92 Å². The van der Waals surface area contributed by atoms with Crippen molar-refractivity contribution in [3.8, 4) is 0 Å². The molecule has 3 N–H and O–H groups in total. The Balaban J connectivity index is 3.77. The molecule has 0 spiro atoms. The quantitative estimate of drug-likeness (QED) is 0.578. The Kier molecular flexibility index (Phi) is 4.81. The summed E-state index contributed by atoms with van der Waals surface area (Å²) in [5, 5.41) is 2.05. The first-order valence-electron chi connectivity index (χ1n) is 3.27. The number of carbonyl (C=O) groups excluding carboxylic acids is 2. The average molecular weight is 179 g/mol. The molecule has 1 atom stereocenters. The van der Waals surface area contributed by atoms with Crippen LogP contribution >= 0.6 is 11.6 Å². The third-order valence-corrected chi connectivity index (χ3v) is 1.40. The number of carbonyl (C=O) groups is 2. The van der Waals surface area contributed by atoms with Crippen molar-refractivity contribution in [3.63, 3.8) is 0 Å². The summed E-state index contributed by atoms with van der Waals surface area (Å²) >= 11 is 5.14. The summed E-state index contributed by atoms with van der Waals surface area (Å²) < 4.78 is 0. The molecule has 0 fully saturated rings. The Labute approximate surface area is 70.1 Å². The van der Waals surface area contributed by atoms with Crippen molar-refractivity contribution in [1.82, 2.24) is 5.32 Å². The molecule has 0 aliphatic rings. The molecule has 11 heavy (non-hydrogen) atoms. The molecule has 2 amide bonds. The first-order valence-corrected chi connectivity index (χ1v) is 3.80. The molecule has 0 radical (unpaired) electrons. The minimum Gasteiger partial charge on any atom is -0.320 e. The molecule has 4 nitrogen and oxygen atoms in total. The number of hydrogen-bond acceptors (Lipinski definition) is 3. The predicted molar refractivity (Wildman–Crippen MR) is 42.1 cm³/mol. The van der Waals surface area contributed by atoms with Crippen LogP contribution in [-0.2, 0) is 9.59 Å². The van der Waals surface area contributed by atoms with Gasteiger partial charge in [-0.15, -0.1) is 11.6 Å². The highest BCUT2D eigenvalue weighted by Gasteiger charge is 2.12. The van der Waals surface area contributed by atoms with Crippen molar-refractivity contribution in [3.05, 3.63) is 0 Å². The number of rotatable bonds is 3. The minimum absolute atomic E-state index is 0.220. The fraction of sp³-hybridized carbons (Fsp3) is 0.667. The van der Waals surface area contributed by atoms with Crippen molar-refractivity contribution in [2.24, 2.45) is 5.73 Å². The van der Waals surface area contributed by atoms with E-state index in [9.17, 15) is 9.59 Å². The highest BCUT2D eigenvalue weighted by Crippen LogP contribution is 1.85. The predicted octanol–water partition coefficient (Wildman–Crippen LogP) is -0.395. The Morgan fingerprint density at radius 2 is 2.18 bits per heavy atom. The van der Waals surface area contributed by atoms with E-state index in [0.29, 0.717) is 6.42 Å². The fourth-order valence-corrected chi connectivity index (χ4v) is 0.516. The number of halogens is 1. The topological polar surface area (TPSA) is 72.2 Å². The zero-order chi connectivity index (χ0) is 8.85. The van der Waals surface area contributed by atoms with Crippen LogP contribution in [0.3, 0.4) is 0 Å². The van der Waals surface area contributed by atoms with Crippen LogP contribution in [0.5, 0.6) is 0 Å². The van der Waals surface area contributed by atoms with E-state index in [2.05, 4.69) is 0 Å². The number of nitrogens with two attached hydrogens (primary N) is 1. The van der Waals surface area contributed by atoms with Gasteiger partial charge in [-0.05, 0) is 6.42 Å². The van der Waals surface area contributed by atoms with E-state index in [1.807, 2.05) is 5.32 Å². The minimum atomic E-state index is -0.623. The van der Waals surface area contributed by atoms with Gasteiger partial charge in [0, 0.05) is 0 Å². The van der Waals surface area contributed by atoms with Gasteiger partial charge >= 0.3 is 0 Å². The first kappa shape index (κ1) is 10.4. The van der Waals surface area contributed by atoms with E-state index in [4.69, 9.17) is 17.3 Å². The monoisotopic (exact) mass is 178 g/mol. The zero-order valence-corrected chi connectivity index (χ0v) is 7.02. The Morgan fingerprint density at radius 3 is 2.55 bits per heavy atom. The number of amides is 2. The lowest BCUT2D eigenvalue weighted by Gasteiger charge is -2.06. The van der Waals surface area contributed by atoms with Gasteiger partial charge in [-0.2, -0.15) is 0 Å². The van der Waals surface area contributed by atoms with E-state index >= 15 is 0 Å². The average Bonchev–Trinajstić information content (AvgIpc) is 2.02. The lowest BCUT2D eigenvalue weighted by Crippen LogP contribution is -2.43. The second-order valence-corrected chi connectivity index (χ2v) is 2.33. The summed E-state index contributed by atoms with van der Waals surface area (Å²) in [6.07, 6.45) is 0.501. The molecule has 0 saturated heterocycles. The van der Waals surface area contributed by atoms with Crippen LogP contribution < -0.4 is 11.1 Å². The first-order chi connectivity index (χ1) is 5.11. The zero-order valence-electron chi connectivity index (χ0n) is 6.26. The molecule has 0 saturated carbocycles. The third-order valence-electron chi connectivity index (χ3n) is 1.16. The van der Waals surface area contributed by atoms with Crippen LogP contribution in [0.2, 0.25) is 0 Å². The van der Waals surface area contributed by atoms with Gasteiger partial charge in [-0.25, -0.2) is 0 Å². The molecule has 0 aromatic heterocycles. The van der Waals surface area contributed by atoms with E-state index in [0.717, 1.165) is 0 Å². The van der Waals surface area contributed by atoms with E-state index in [1.165, 1.54) is 0 Å². The Morgan fingerprint density at radius 1 is 1.64 bits per heavy atom. The molecular weight excluding hydrogens is 168 g/mol. The number of hydrogen-bond donors (Lipinski definition) is 2. The SMILES string of the molecule is CCC(N)C(=O)NC(=O)CCl. The van der Waals surface area contributed by atoms with E-state index in [1.54, 1.807) is 6.92 Å². The number of alkyl halides is 1. The maximum atomic E-state index is 10.8. The third kappa shape index (κ3) is 3.95. The van der Waals surface area contributed by atoms with Gasteiger partial charge in [-0.3, -0.25) is 14.9 Å². The van der Waals surface area contributed by atoms with E-state index < -0.39 is 17.9 Å². The van der Waals surface area contributed by atoms with Crippen molar-refractivity contribution in [2.45, 2.75) is 19.4 Å². The molecule has 0 aromatic carbocycles. The largest absolute Gasteiger partial charge is 0.320 e. The van der Waals surface area contributed by atoms with Crippen molar-refractivity contribution >= 4 is 23.4 Å². The normalized spacial score (nSPS) is 12.3. The highest BCUT2D eigenvalue weighted by atomic mass is 35.5. The van der Waals surface area contributed by atoms with Crippen LogP contribution in [0.1, 0.15) is 13.3 Å². The fourth-order valence-electron chi connectivity index (χ4n) is 0.449. The lowest BCUT2D eigenvalue weighted by atomic mass is 10.2. The molecule has 0 aromatic rings. The molecule has 0 bridgehead atoms. The molecule has 64 valence electrons. The molecule has 1 unspecified atom stereocenters. The van der Waals surface area contributed by atoms with Gasteiger partial charge in [0.1, 0.15) is 5.88 Å². The van der Waals surface area contributed by atoms with Crippen LogP contribution in [0.25, 0.3) is 0 Å². The lowest BCUT2D eigenvalue weighted by molar-refractivity contribution is -0.129. The maximum absolute atomic E-state index is 10.8. The Hall–Kier alpha value is -0.610. The summed E-state index contributed by atoms with van der Waals surface area (Å²) in [4.78, 5) is 21.4. The summed E-state index contributed by atoms with van der Waals surface area (Å²) in [7, 11) is 0. The second kappa shape index (κ2) is 5.09. The van der Waals surface area contributed by atoms with Gasteiger partial charge in [0.25, 0.3) is 0 Å².